The Kier molecular flexibility index (Phi) is 5.09. The van der Waals surface area contributed by atoms with Crippen LogP contribution in [0.2, 0.25) is 0 Å². The number of fused-ring (bicyclic) bond motifs is 1. The molecule has 4 heterocycles. The van der Waals surface area contributed by atoms with Gasteiger partial charge in [0.05, 0.1) is 12.6 Å². The average Bonchev–Trinajstić information content (AvgIpc) is 3.45. The maximum Gasteiger partial charge on any atom is 0.251 e. The van der Waals surface area contributed by atoms with Crippen molar-refractivity contribution in [1.29, 1.82) is 0 Å². The number of amides is 1. The molecule has 1 saturated heterocycles. The molecule has 0 saturated carbocycles. The Bertz CT molecular complexity index is 1080. The molecule has 1 fully saturated rings. The Morgan fingerprint density at radius 1 is 1.19 bits per heavy atom. The molecule has 9 heteroatoms. The monoisotopic (exact) mass is 418 g/mol. The summed E-state index contributed by atoms with van der Waals surface area (Å²) in [6, 6.07) is 13.2. The highest BCUT2D eigenvalue weighted by Gasteiger charge is 2.40. The quantitative estimate of drug-likeness (QED) is 0.653. The van der Waals surface area contributed by atoms with E-state index in [0.717, 1.165) is 11.3 Å². The molecular weight excluding hydrogens is 396 g/mol. The summed E-state index contributed by atoms with van der Waals surface area (Å²) in [5.74, 6) is 1.60. The number of carbonyl (C=O) groups excluding carboxylic acids is 1. The summed E-state index contributed by atoms with van der Waals surface area (Å²) in [5.41, 5.74) is 5.14. The minimum Gasteiger partial charge on any atom is -0.494 e. The lowest BCUT2D eigenvalue weighted by Crippen LogP contribution is -2.47. The first-order chi connectivity index (χ1) is 15.2. The molecule has 0 radical (unpaired) electrons. The summed E-state index contributed by atoms with van der Waals surface area (Å²) in [6.07, 6.45) is 5.94. The SMILES string of the molecule is CCOc1ccc(C2CC3C(=O)N(Cc4nc(-c5ccccn5)no4)C=CN3N2)cc1. The molecule has 0 bridgehead atoms. The maximum atomic E-state index is 13.1. The highest BCUT2D eigenvalue weighted by Crippen LogP contribution is 2.32. The van der Waals surface area contributed by atoms with Gasteiger partial charge in [0.2, 0.25) is 11.7 Å². The van der Waals surface area contributed by atoms with Crippen molar-refractivity contribution in [2.45, 2.75) is 32.0 Å². The van der Waals surface area contributed by atoms with Crippen molar-refractivity contribution < 1.29 is 14.1 Å². The first kappa shape index (κ1) is 19.3. The smallest absolute Gasteiger partial charge is 0.251 e. The number of pyridine rings is 1. The summed E-state index contributed by atoms with van der Waals surface area (Å²) in [5, 5.41) is 5.84. The van der Waals surface area contributed by atoms with Crippen molar-refractivity contribution in [3.05, 3.63) is 72.5 Å². The van der Waals surface area contributed by atoms with E-state index in [1.54, 1.807) is 17.3 Å². The second-order valence-electron chi connectivity index (χ2n) is 7.33. The number of rotatable bonds is 6. The van der Waals surface area contributed by atoms with Crippen LogP contribution in [-0.2, 0) is 11.3 Å². The number of benzene rings is 1. The molecule has 9 nitrogen and oxygen atoms in total. The van der Waals surface area contributed by atoms with Gasteiger partial charge in [-0.25, -0.2) is 5.43 Å². The number of nitrogens with zero attached hydrogens (tertiary/aromatic N) is 5. The first-order valence-electron chi connectivity index (χ1n) is 10.2. The van der Waals surface area contributed by atoms with Crippen LogP contribution < -0.4 is 10.2 Å². The highest BCUT2D eigenvalue weighted by molar-refractivity contribution is 5.84. The molecule has 31 heavy (non-hydrogen) atoms. The highest BCUT2D eigenvalue weighted by atomic mass is 16.5. The van der Waals surface area contributed by atoms with Crippen LogP contribution >= 0.6 is 0 Å². The van der Waals surface area contributed by atoms with E-state index in [1.807, 2.05) is 60.6 Å². The van der Waals surface area contributed by atoms with Crippen LogP contribution in [0.5, 0.6) is 5.75 Å². The van der Waals surface area contributed by atoms with Gasteiger partial charge in [-0.15, -0.1) is 0 Å². The zero-order chi connectivity index (χ0) is 21.2. The van der Waals surface area contributed by atoms with E-state index in [-0.39, 0.29) is 24.5 Å². The van der Waals surface area contributed by atoms with Crippen LogP contribution in [0.1, 0.15) is 30.8 Å². The largest absolute Gasteiger partial charge is 0.494 e. The van der Waals surface area contributed by atoms with Gasteiger partial charge in [-0.1, -0.05) is 23.4 Å². The van der Waals surface area contributed by atoms with Crippen molar-refractivity contribution in [2.75, 3.05) is 6.61 Å². The summed E-state index contributed by atoms with van der Waals surface area (Å²) < 4.78 is 10.8. The lowest BCUT2D eigenvalue weighted by atomic mass is 10.0. The third-order valence-corrected chi connectivity index (χ3v) is 5.34. The summed E-state index contributed by atoms with van der Waals surface area (Å²) in [6.45, 7) is 2.81. The van der Waals surface area contributed by atoms with Gasteiger partial charge >= 0.3 is 0 Å². The van der Waals surface area contributed by atoms with Crippen molar-refractivity contribution in [3.8, 4) is 17.3 Å². The molecular formula is C22H22N6O3. The van der Waals surface area contributed by atoms with Gasteiger partial charge in [0.25, 0.3) is 5.91 Å². The number of ether oxygens (including phenoxy) is 1. The third kappa shape index (κ3) is 3.87. The molecule has 5 rings (SSSR count). The minimum absolute atomic E-state index is 0.0129. The number of aromatic nitrogens is 3. The molecule has 2 unspecified atom stereocenters. The van der Waals surface area contributed by atoms with E-state index >= 15 is 0 Å². The lowest BCUT2D eigenvalue weighted by Gasteiger charge is -2.30. The Labute approximate surface area is 179 Å². The maximum absolute atomic E-state index is 13.1. The molecule has 1 N–H and O–H groups in total. The molecule has 0 aliphatic carbocycles. The third-order valence-electron chi connectivity index (χ3n) is 5.34. The number of carbonyl (C=O) groups is 1. The van der Waals surface area contributed by atoms with Crippen molar-refractivity contribution >= 4 is 5.91 Å². The Morgan fingerprint density at radius 3 is 2.84 bits per heavy atom. The van der Waals surface area contributed by atoms with Crippen LogP contribution in [0.15, 0.2) is 65.6 Å². The van der Waals surface area contributed by atoms with E-state index in [1.165, 1.54) is 0 Å². The summed E-state index contributed by atoms with van der Waals surface area (Å²) in [4.78, 5) is 23.3. The van der Waals surface area contributed by atoms with Crippen molar-refractivity contribution in [2.24, 2.45) is 0 Å². The molecule has 1 amide bonds. The normalized spacial score (nSPS) is 20.2. The number of hydrogen-bond donors (Lipinski definition) is 1. The van der Waals surface area contributed by atoms with Gasteiger partial charge < -0.3 is 19.2 Å². The van der Waals surface area contributed by atoms with E-state index in [0.29, 0.717) is 30.4 Å². The predicted molar refractivity (Wildman–Crippen MR) is 111 cm³/mol. The Morgan fingerprint density at radius 2 is 2.06 bits per heavy atom. The number of hydrogen-bond acceptors (Lipinski definition) is 8. The molecule has 158 valence electrons. The van der Waals surface area contributed by atoms with Gasteiger partial charge in [-0.05, 0) is 43.2 Å². The number of nitrogens with one attached hydrogen (secondary N) is 1. The van der Waals surface area contributed by atoms with E-state index in [4.69, 9.17) is 9.26 Å². The first-order valence-corrected chi connectivity index (χ1v) is 10.2. The molecule has 1 aromatic carbocycles. The van der Waals surface area contributed by atoms with Gasteiger partial charge in [-0.3, -0.25) is 9.78 Å². The fourth-order valence-corrected chi connectivity index (χ4v) is 3.81. The number of hydrazine groups is 1. The van der Waals surface area contributed by atoms with Crippen LogP contribution in [0, 0.1) is 0 Å². The van der Waals surface area contributed by atoms with Gasteiger partial charge in [-0.2, -0.15) is 4.98 Å². The zero-order valence-corrected chi connectivity index (χ0v) is 17.0. The molecule has 2 atom stereocenters. The van der Waals surface area contributed by atoms with E-state index < -0.39 is 0 Å². The Balaban J connectivity index is 1.25. The molecule has 0 spiro atoms. The van der Waals surface area contributed by atoms with Crippen LogP contribution in [-0.4, -0.2) is 43.6 Å². The lowest BCUT2D eigenvalue weighted by molar-refractivity contribution is -0.135. The van der Waals surface area contributed by atoms with Crippen LogP contribution in [0.3, 0.4) is 0 Å². The van der Waals surface area contributed by atoms with Gasteiger partial charge in [0, 0.05) is 18.6 Å². The fourth-order valence-electron chi connectivity index (χ4n) is 3.81. The average molecular weight is 418 g/mol. The topological polar surface area (TPSA) is 96.6 Å². The second kappa shape index (κ2) is 8.19. The molecule has 2 aromatic heterocycles. The minimum atomic E-state index is -0.292. The van der Waals surface area contributed by atoms with Crippen molar-refractivity contribution in [3.63, 3.8) is 0 Å². The molecule has 3 aromatic rings. The summed E-state index contributed by atoms with van der Waals surface area (Å²) in [7, 11) is 0. The molecule has 2 aliphatic rings. The van der Waals surface area contributed by atoms with E-state index in [2.05, 4.69) is 20.6 Å². The standard InChI is InChI=1S/C22H22N6O3/c1-2-30-16-8-6-15(7-9-16)18-13-19-22(29)27(11-12-28(19)25-18)14-20-24-21(26-31-20)17-5-3-4-10-23-17/h3-12,18-19,25H,2,13-14H2,1H3. The van der Waals surface area contributed by atoms with Crippen molar-refractivity contribution in [1.82, 2.24) is 30.5 Å². The second-order valence-corrected chi connectivity index (χ2v) is 7.33. The predicted octanol–water partition coefficient (Wildman–Crippen LogP) is 2.66. The van der Waals surface area contributed by atoms with E-state index in [9.17, 15) is 4.79 Å². The van der Waals surface area contributed by atoms with Crippen LogP contribution in [0.25, 0.3) is 11.5 Å². The Hall–Kier alpha value is -3.72. The van der Waals surface area contributed by atoms with Crippen LogP contribution in [0.4, 0.5) is 0 Å². The van der Waals surface area contributed by atoms with Gasteiger partial charge in [0.1, 0.15) is 24.0 Å². The fraction of sp³-hybridized carbons (Fsp3) is 0.273. The molecule has 2 aliphatic heterocycles. The van der Waals surface area contributed by atoms with Gasteiger partial charge in [0.15, 0.2) is 0 Å². The zero-order valence-electron chi connectivity index (χ0n) is 17.0. The summed E-state index contributed by atoms with van der Waals surface area (Å²) >= 11 is 0.